The van der Waals surface area contributed by atoms with Crippen molar-refractivity contribution < 1.29 is 4.79 Å². The lowest BCUT2D eigenvalue weighted by Crippen LogP contribution is -2.15. The van der Waals surface area contributed by atoms with Gasteiger partial charge in [0, 0.05) is 16.8 Å². The van der Waals surface area contributed by atoms with E-state index in [9.17, 15) is 4.79 Å². The van der Waals surface area contributed by atoms with Gasteiger partial charge in [-0.15, -0.1) is 11.3 Å². The Morgan fingerprint density at radius 3 is 2.94 bits per heavy atom. The molecule has 0 unspecified atom stereocenters. The third-order valence-corrected chi connectivity index (χ3v) is 4.08. The molecule has 3 N–H and O–H groups in total. The van der Waals surface area contributed by atoms with E-state index in [-0.39, 0.29) is 5.91 Å². The maximum absolute atomic E-state index is 10.9. The van der Waals surface area contributed by atoms with Crippen molar-refractivity contribution in [1.29, 1.82) is 0 Å². The number of carbonyl (C=O) groups is 1. The summed E-state index contributed by atoms with van der Waals surface area (Å²) in [5, 5.41) is 9.41. The summed E-state index contributed by atoms with van der Waals surface area (Å²) in [6, 6.07) is 3.99. The lowest BCUT2D eigenvalue weighted by Gasteiger charge is -2.01. The molecule has 0 aliphatic rings. The van der Waals surface area contributed by atoms with Crippen LogP contribution in [0, 0.1) is 0 Å². The zero-order valence-electron chi connectivity index (χ0n) is 9.31. The van der Waals surface area contributed by atoms with Crippen molar-refractivity contribution in [2.45, 2.75) is 13.0 Å². The summed E-state index contributed by atoms with van der Waals surface area (Å²) in [4.78, 5) is 12.1. The summed E-state index contributed by atoms with van der Waals surface area (Å²) < 4.78 is 0. The summed E-state index contributed by atoms with van der Waals surface area (Å²) in [6.45, 7) is 1.74. The Hall–Kier alpha value is -1.17. The van der Waals surface area contributed by atoms with Gasteiger partial charge < -0.3 is 11.1 Å². The first-order chi connectivity index (χ1) is 8.25. The first-order valence-electron chi connectivity index (χ1n) is 5.34. The van der Waals surface area contributed by atoms with E-state index in [1.807, 2.05) is 6.07 Å². The summed E-state index contributed by atoms with van der Waals surface area (Å²) >= 11 is 3.29. The first kappa shape index (κ1) is 12.3. The van der Waals surface area contributed by atoms with Gasteiger partial charge in [0.2, 0.25) is 5.91 Å². The number of nitrogens with one attached hydrogen (secondary N) is 1. The fourth-order valence-electron chi connectivity index (χ4n) is 1.48. The van der Waals surface area contributed by atoms with Gasteiger partial charge in [0.25, 0.3) is 0 Å². The van der Waals surface area contributed by atoms with E-state index in [0.717, 1.165) is 24.4 Å². The average molecular weight is 266 g/mol. The van der Waals surface area contributed by atoms with Crippen LogP contribution in [0.25, 0.3) is 0 Å². The van der Waals surface area contributed by atoms with Gasteiger partial charge in [-0.05, 0) is 41.4 Å². The number of thiophene rings is 2. The van der Waals surface area contributed by atoms with E-state index in [0.29, 0.717) is 5.56 Å². The summed E-state index contributed by atoms with van der Waals surface area (Å²) in [7, 11) is 0. The van der Waals surface area contributed by atoms with E-state index in [2.05, 4.69) is 22.1 Å². The Labute approximate surface area is 108 Å². The summed E-state index contributed by atoms with van der Waals surface area (Å²) in [5.41, 5.74) is 7.16. The maximum atomic E-state index is 10.9. The van der Waals surface area contributed by atoms with Gasteiger partial charge in [0.1, 0.15) is 0 Å². The van der Waals surface area contributed by atoms with Crippen molar-refractivity contribution in [2.24, 2.45) is 5.73 Å². The molecule has 0 bridgehead atoms. The van der Waals surface area contributed by atoms with Crippen molar-refractivity contribution in [3.05, 3.63) is 44.3 Å². The maximum Gasteiger partial charge on any atom is 0.249 e. The number of rotatable bonds is 6. The van der Waals surface area contributed by atoms with Crippen LogP contribution in [0.4, 0.5) is 0 Å². The molecule has 0 saturated carbocycles. The predicted octanol–water partition coefficient (Wildman–Crippen LogP) is 2.24. The minimum absolute atomic E-state index is 0.356. The van der Waals surface area contributed by atoms with E-state index in [1.165, 1.54) is 5.56 Å². The molecule has 0 aliphatic carbocycles. The molecule has 3 nitrogen and oxygen atoms in total. The van der Waals surface area contributed by atoms with Crippen LogP contribution in [0.1, 0.15) is 20.8 Å². The van der Waals surface area contributed by atoms with Crippen LogP contribution in [-0.2, 0) is 13.0 Å². The highest BCUT2D eigenvalue weighted by Gasteiger charge is 2.04. The second-order valence-electron chi connectivity index (χ2n) is 3.72. The zero-order valence-corrected chi connectivity index (χ0v) is 10.9. The van der Waals surface area contributed by atoms with Crippen LogP contribution in [0.15, 0.2) is 28.3 Å². The third-order valence-electron chi connectivity index (χ3n) is 2.41. The molecule has 5 heteroatoms. The summed E-state index contributed by atoms with van der Waals surface area (Å²) in [6.07, 6.45) is 1.04. The lowest BCUT2D eigenvalue weighted by atomic mass is 10.2. The minimum Gasteiger partial charge on any atom is -0.366 e. The molecule has 2 heterocycles. The Morgan fingerprint density at radius 1 is 1.41 bits per heavy atom. The average Bonchev–Trinajstić information content (AvgIpc) is 2.96. The van der Waals surface area contributed by atoms with Crippen LogP contribution >= 0.6 is 22.7 Å². The van der Waals surface area contributed by atoms with E-state index in [4.69, 9.17) is 5.73 Å². The van der Waals surface area contributed by atoms with E-state index in [1.54, 1.807) is 28.1 Å². The molecule has 0 saturated heterocycles. The Morgan fingerprint density at radius 2 is 2.29 bits per heavy atom. The fraction of sp³-hybridized carbons (Fsp3) is 0.250. The lowest BCUT2D eigenvalue weighted by molar-refractivity contribution is 0.100. The van der Waals surface area contributed by atoms with E-state index < -0.39 is 0 Å². The molecule has 0 radical (unpaired) electrons. The van der Waals surface area contributed by atoms with Crippen LogP contribution in [-0.4, -0.2) is 12.5 Å². The SMILES string of the molecule is NC(=O)c1csc(CNCCc2ccsc2)c1. The van der Waals surface area contributed by atoms with Crippen LogP contribution in [0.3, 0.4) is 0 Å². The van der Waals surface area contributed by atoms with Gasteiger partial charge in [-0.1, -0.05) is 0 Å². The third kappa shape index (κ3) is 3.66. The molecule has 0 aromatic carbocycles. The largest absolute Gasteiger partial charge is 0.366 e. The van der Waals surface area contributed by atoms with Crippen LogP contribution < -0.4 is 11.1 Å². The molecule has 2 aromatic heterocycles. The van der Waals surface area contributed by atoms with Crippen LogP contribution in [0.5, 0.6) is 0 Å². The molecule has 1 amide bonds. The Bertz CT molecular complexity index is 476. The Kier molecular flexibility index (Phi) is 4.30. The molecule has 90 valence electrons. The van der Waals surface area contributed by atoms with Crippen molar-refractivity contribution in [2.75, 3.05) is 6.54 Å². The van der Waals surface area contributed by atoms with E-state index >= 15 is 0 Å². The van der Waals surface area contributed by atoms with Crippen molar-refractivity contribution in [3.8, 4) is 0 Å². The van der Waals surface area contributed by atoms with Crippen LogP contribution in [0.2, 0.25) is 0 Å². The van der Waals surface area contributed by atoms with Gasteiger partial charge >= 0.3 is 0 Å². The molecular weight excluding hydrogens is 252 g/mol. The van der Waals surface area contributed by atoms with Gasteiger partial charge in [0.05, 0.1) is 5.56 Å². The number of nitrogens with two attached hydrogens (primary N) is 1. The minimum atomic E-state index is -0.356. The monoisotopic (exact) mass is 266 g/mol. The highest BCUT2D eigenvalue weighted by Crippen LogP contribution is 2.13. The normalized spacial score (nSPS) is 10.6. The number of amides is 1. The smallest absolute Gasteiger partial charge is 0.249 e. The number of carbonyl (C=O) groups excluding carboxylic acids is 1. The second-order valence-corrected chi connectivity index (χ2v) is 5.50. The molecule has 2 aromatic rings. The van der Waals surface area contributed by atoms with Crippen molar-refractivity contribution >= 4 is 28.6 Å². The van der Waals surface area contributed by atoms with Crippen molar-refractivity contribution in [3.63, 3.8) is 0 Å². The second kappa shape index (κ2) is 5.95. The molecule has 0 spiro atoms. The molecule has 0 fully saturated rings. The van der Waals surface area contributed by atoms with Gasteiger partial charge in [-0.2, -0.15) is 11.3 Å². The first-order valence-corrected chi connectivity index (χ1v) is 7.17. The van der Waals surface area contributed by atoms with Gasteiger partial charge in [-0.3, -0.25) is 4.79 Å². The molecular formula is C12H14N2OS2. The summed E-state index contributed by atoms with van der Waals surface area (Å²) in [5.74, 6) is -0.356. The van der Waals surface area contributed by atoms with Crippen molar-refractivity contribution in [1.82, 2.24) is 5.32 Å². The Balaban J connectivity index is 1.72. The molecule has 0 atom stereocenters. The molecule has 17 heavy (non-hydrogen) atoms. The standard InChI is InChI=1S/C12H14N2OS2/c13-12(15)10-5-11(17-8-10)6-14-3-1-9-2-4-16-7-9/h2,4-5,7-8,14H,1,3,6H2,(H2,13,15). The van der Waals surface area contributed by atoms with Gasteiger partial charge in [-0.25, -0.2) is 0 Å². The number of hydrogen-bond acceptors (Lipinski definition) is 4. The number of hydrogen-bond donors (Lipinski definition) is 2. The molecule has 2 rings (SSSR count). The topological polar surface area (TPSA) is 55.1 Å². The zero-order chi connectivity index (χ0) is 12.1. The van der Waals surface area contributed by atoms with Gasteiger partial charge in [0.15, 0.2) is 0 Å². The highest BCUT2D eigenvalue weighted by molar-refractivity contribution is 7.10. The quantitative estimate of drug-likeness (QED) is 0.788. The number of primary amides is 1. The predicted molar refractivity (Wildman–Crippen MR) is 72.6 cm³/mol. The fourth-order valence-corrected chi connectivity index (χ4v) is 3.03. The molecule has 0 aliphatic heterocycles. The highest BCUT2D eigenvalue weighted by atomic mass is 32.1.